The molecule has 1 aliphatic carbocycles. The first-order chi connectivity index (χ1) is 12.6. The summed E-state index contributed by atoms with van der Waals surface area (Å²) in [4.78, 5) is 30.3. The number of carboxylic acid groups (broad SMARTS) is 1. The van der Waals surface area contributed by atoms with E-state index in [2.05, 4.69) is 29.2 Å². The number of benzene rings is 1. The Labute approximate surface area is 156 Å². The number of aromatic carboxylic acids is 1. The molecule has 136 valence electrons. The number of aromatic nitrogens is 1. The van der Waals surface area contributed by atoms with Gasteiger partial charge in [0.05, 0.1) is 11.2 Å². The van der Waals surface area contributed by atoms with E-state index >= 15 is 0 Å². The molecule has 5 nitrogen and oxygen atoms in total. The van der Waals surface area contributed by atoms with Crippen LogP contribution >= 0.6 is 11.3 Å². The van der Waals surface area contributed by atoms with E-state index in [0.29, 0.717) is 17.2 Å². The lowest BCUT2D eigenvalue weighted by Gasteiger charge is -2.32. The molecule has 1 aliphatic heterocycles. The van der Waals surface area contributed by atoms with Crippen LogP contribution in [0, 0.1) is 0 Å². The Bertz CT molecular complexity index is 824. The molecule has 1 atom stereocenters. The molecule has 4 rings (SSSR count). The first-order valence-electron chi connectivity index (χ1n) is 9.16. The fraction of sp³-hybridized carbons (Fsp3) is 0.450. The van der Waals surface area contributed by atoms with Crippen LogP contribution in [0.1, 0.15) is 63.3 Å². The Balaban J connectivity index is 1.33. The maximum Gasteiger partial charge on any atom is 0.347 e. The second-order valence-corrected chi connectivity index (χ2v) is 8.22. The van der Waals surface area contributed by atoms with Crippen LogP contribution in [0.25, 0.3) is 0 Å². The summed E-state index contributed by atoms with van der Waals surface area (Å²) in [5.41, 5.74) is 2.74. The number of piperidine rings is 1. The Hall–Kier alpha value is -2.21. The summed E-state index contributed by atoms with van der Waals surface area (Å²) in [6.45, 7) is 1.47. The highest BCUT2D eigenvalue weighted by Crippen LogP contribution is 2.36. The fourth-order valence-corrected chi connectivity index (χ4v) is 5.07. The molecule has 1 saturated heterocycles. The zero-order valence-corrected chi connectivity index (χ0v) is 15.4. The summed E-state index contributed by atoms with van der Waals surface area (Å²) in [7, 11) is 0. The molecule has 1 N–H and O–H groups in total. The van der Waals surface area contributed by atoms with Crippen LogP contribution in [0.2, 0.25) is 0 Å². The van der Waals surface area contributed by atoms with E-state index in [0.717, 1.165) is 43.8 Å². The van der Waals surface area contributed by atoms with Crippen molar-refractivity contribution in [3.05, 3.63) is 51.5 Å². The average Bonchev–Trinajstić information content (AvgIpc) is 3.30. The smallest absolute Gasteiger partial charge is 0.347 e. The number of hydrogen-bond acceptors (Lipinski definition) is 4. The highest BCUT2D eigenvalue weighted by molar-refractivity contribution is 7.13. The van der Waals surface area contributed by atoms with Gasteiger partial charge >= 0.3 is 5.97 Å². The van der Waals surface area contributed by atoms with E-state index in [9.17, 15) is 9.59 Å². The normalized spacial score (nSPS) is 20.2. The molecule has 26 heavy (non-hydrogen) atoms. The molecule has 1 aromatic heterocycles. The number of hydrogen-bond donors (Lipinski definition) is 1. The molecule has 1 unspecified atom stereocenters. The number of carbonyl (C=O) groups excluding carboxylic acids is 1. The maximum atomic E-state index is 12.7. The molecule has 0 saturated carbocycles. The second-order valence-electron chi connectivity index (χ2n) is 7.16. The lowest BCUT2D eigenvalue weighted by Crippen LogP contribution is -2.38. The third-order valence-corrected chi connectivity index (χ3v) is 6.76. The minimum atomic E-state index is -0.918. The van der Waals surface area contributed by atoms with Gasteiger partial charge in [-0.25, -0.2) is 9.78 Å². The number of rotatable bonds is 4. The van der Waals surface area contributed by atoms with E-state index in [1.54, 1.807) is 0 Å². The number of likely N-dealkylation sites (tertiary alicyclic amines) is 1. The second kappa shape index (κ2) is 7.19. The van der Waals surface area contributed by atoms with Crippen LogP contribution in [-0.2, 0) is 11.2 Å². The first kappa shape index (κ1) is 17.2. The van der Waals surface area contributed by atoms with Crippen LogP contribution in [0.15, 0.2) is 30.5 Å². The van der Waals surface area contributed by atoms with Gasteiger partial charge in [-0.3, -0.25) is 4.79 Å². The number of nitrogens with zero attached hydrogens (tertiary/aromatic N) is 2. The van der Waals surface area contributed by atoms with Gasteiger partial charge in [0.25, 0.3) is 0 Å². The van der Waals surface area contributed by atoms with Crippen LogP contribution < -0.4 is 0 Å². The average molecular weight is 370 g/mol. The predicted molar refractivity (Wildman–Crippen MR) is 99.7 cm³/mol. The highest BCUT2D eigenvalue weighted by atomic mass is 32.1. The summed E-state index contributed by atoms with van der Waals surface area (Å²) in [6, 6.07) is 8.47. The molecule has 2 aliphatic rings. The van der Waals surface area contributed by atoms with E-state index < -0.39 is 5.97 Å². The van der Waals surface area contributed by atoms with Crippen molar-refractivity contribution in [2.45, 2.75) is 43.9 Å². The van der Waals surface area contributed by atoms with E-state index in [4.69, 9.17) is 5.11 Å². The molecule has 1 aromatic carbocycles. The van der Waals surface area contributed by atoms with Crippen molar-refractivity contribution in [3.8, 4) is 0 Å². The van der Waals surface area contributed by atoms with Crippen LogP contribution in [0.4, 0.5) is 0 Å². The van der Waals surface area contributed by atoms with Gasteiger partial charge in [0.15, 0.2) is 0 Å². The molecule has 1 amide bonds. The Kier molecular flexibility index (Phi) is 4.76. The zero-order valence-electron chi connectivity index (χ0n) is 14.6. The number of carboxylic acids is 1. The molecule has 2 aromatic rings. The molecule has 1 fully saturated rings. The largest absolute Gasteiger partial charge is 0.477 e. The zero-order chi connectivity index (χ0) is 18.1. The van der Waals surface area contributed by atoms with Crippen LogP contribution in [0.5, 0.6) is 0 Å². The maximum absolute atomic E-state index is 12.7. The van der Waals surface area contributed by atoms with Crippen LogP contribution in [-0.4, -0.2) is 40.0 Å². The number of thiazole rings is 1. The molecule has 0 spiro atoms. The molecular formula is C20H22N2O3S. The van der Waals surface area contributed by atoms with Gasteiger partial charge in [-0.1, -0.05) is 24.3 Å². The molecule has 2 heterocycles. The minimum Gasteiger partial charge on any atom is -0.477 e. The van der Waals surface area contributed by atoms with Gasteiger partial charge in [0.2, 0.25) is 5.91 Å². The Morgan fingerprint density at radius 3 is 2.69 bits per heavy atom. The number of carbonyl (C=O) groups is 2. The van der Waals surface area contributed by atoms with Crippen molar-refractivity contribution in [2.75, 3.05) is 13.1 Å². The van der Waals surface area contributed by atoms with E-state index in [-0.39, 0.29) is 11.8 Å². The lowest BCUT2D eigenvalue weighted by atomic mass is 9.94. The van der Waals surface area contributed by atoms with Crippen LogP contribution in [0.3, 0.4) is 0 Å². The third-order valence-electron chi connectivity index (χ3n) is 5.61. The van der Waals surface area contributed by atoms with Gasteiger partial charge in [0.1, 0.15) is 4.88 Å². The summed E-state index contributed by atoms with van der Waals surface area (Å²) >= 11 is 1.26. The van der Waals surface area contributed by atoms with Gasteiger partial charge < -0.3 is 10.0 Å². The molecule has 0 bridgehead atoms. The van der Waals surface area contributed by atoms with Gasteiger partial charge in [-0.15, -0.1) is 11.3 Å². The summed E-state index contributed by atoms with van der Waals surface area (Å²) < 4.78 is 0. The van der Waals surface area contributed by atoms with Crippen molar-refractivity contribution in [3.63, 3.8) is 0 Å². The van der Waals surface area contributed by atoms with Gasteiger partial charge in [-0.2, -0.15) is 0 Å². The Morgan fingerprint density at radius 2 is 1.96 bits per heavy atom. The number of amides is 1. The standard InChI is InChI=1S/C20H22N2O3S/c23-18(11-15-6-5-13-3-1-2-4-16(13)15)22-9-7-14(8-10-22)19-21-12-17(26-19)20(24)25/h1-4,12,14-15H,5-11H2,(H,24,25). The summed E-state index contributed by atoms with van der Waals surface area (Å²) in [6.07, 6.45) is 5.91. The summed E-state index contributed by atoms with van der Waals surface area (Å²) in [5.74, 6) is -0.0495. The quantitative estimate of drug-likeness (QED) is 0.891. The number of aryl methyl sites for hydroxylation is 1. The van der Waals surface area contributed by atoms with Crippen molar-refractivity contribution >= 4 is 23.2 Å². The fourth-order valence-electron chi connectivity index (χ4n) is 4.15. The van der Waals surface area contributed by atoms with Crippen molar-refractivity contribution in [1.82, 2.24) is 9.88 Å². The highest BCUT2D eigenvalue weighted by Gasteiger charge is 2.29. The van der Waals surface area contributed by atoms with Crippen molar-refractivity contribution < 1.29 is 14.7 Å². The monoisotopic (exact) mass is 370 g/mol. The lowest BCUT2D eigenvalue weighted by molar-refractivity contribution is -0.132. The van der Waals surface area contributed by atoms with Gasteiger partial charge in [0, 0.05) is 25.4 Å². The SMILES string of the molecule is O=C(O)c1cnc(C2CCN(C(=O)CC3CCc4ccccc43)CC2)s1. The summed E-state index contributed by atoms with van der Waals surface area (Å²) in [5, 5.41) is 9.92. The molecule has 0 radical (unpaired) electrons. The van der Waals surface area contributed by atoms with E-state index in [1.807, 2.05) is 4.90 Å². The van der Waals surface area contributed by atoms with Gasteiger partial charge in [-0.05, 0) is 42.7 Å². The number of fused-ring (bicyclic) bond motifs is 1. The molecular weight excluding hydrogens is 348 g/mol. The van der Waals surface area contributed by atoms with E-state index in [1.165, 1.54) is 28.7 Å². The first-order valence-corrected chi connectivity index (χ1v) is 9.98. The predicted octanol–water partition coefficient (Wildman–Crippen LogP) is 3.67. The van der Waals surface area contributed by atoms with Crippen molar-refractivity contribution in [1.29, 1.82) is 0 Å². The molecule has 6 heteroatoms. The topological polar surface area (TPSA) is 70.5 Å². The Morgan fingerprint density at radius 1 is 1.19 bits per heavy atom. The minimum absolute atomic E-state index is 0.246. The van der Waals surface area contributed by atoms with Crippen molar-refractivity contribution in [2.24, 2.45) is 0 Å². The third kappa shape index (κ3) is 3.38.